The molecule has 0 fully saturated rings. The molecule has 0 amide bonds. The summed E-state index contributed by atoms with van der Waals surface area (Å²) >= 11 is 0. The highest BCUT2D eigenvalue weighted by Crippen LogP contribution is 2.50. The van der Waals surface area contributed by atoms with Gasteiger partial charge in [0.25, 0.3) is 0 Å². The van der Waals surface area contributed by atoms with Gasteiger partial charge in [-0.3, -0.25) is 34.9 Å². The van der Waals surface area contributed by atoms with Crippen LogP contribution in [0.2, 0.25) is 0 Å². The molecule has 0 spiro atoms. The Balaban J connectivity index is 0.600. The third-order valence-electron chi connectivity index (χ3n) is 22.5. The van der Waals surface area contributed by atoms with Crippen LogP contribution in [0.25, 0.3) is 167 Å². The number of nitrogens with zero attached hydrogens (tertiary/aromatic N) is 14. The van der Waals surface area contributed by atoms with Gasteiger partial charge in [-0.25, -0.2) is 9.97 Å². The monoisotopic (exact) mass is 1450 g/mol. The average Bonchev–Trinajstić information content (AvgIpc) is 1.62. The topological polar surface area (TPSA) is 137 Å². The second-order valence-electron chi connectivity index (χ2n) is 29.0. The van der Waals surface area contributed by atoms with Crippen LogP contribution in [-0.2, 0) is 0 Å². The lowest BCUT2D eigenvalue weighted by atomic mass is 9.89. The highest BCUT2D eigenvalue weighted by molar-refractivity contribution is 6.12. The van der Waals surface area contributed by atoms with E-state index < -0.39 is 0 Å². The molecule has 0 radical (unpaired) electrons. The Morgan fingerprint density at radius 1 is 0.319 bits per heavy atom. The molecule has 12 aromatic heterocycles. The van der Waals surface area contributed by atoms with Crippen LogP contribution >= 0.6 is 0 Å². The first-order valence-electron chi connectivity index (χ1n) is 38.0. The first kappa shape index (κ1) is 65.0. The van der Waals surface area contributed by atoms with Gasteiger partial charge in [0, 0.05) is 112 Å². The van der Waals surface area contributed by atoms with Crippen LogP contribution in [0.4, 0.5) is 11.4 Å². The zero-order valence-electron chi connectivity index (χ0n) is 61.1. The van der Waals surface area contributed by atoms with Crippen molar-refractivity contribution in [3.8, 4) is 95.7 Å². The summed E-state index contributed by atoms with van der Waals surface area (Å²) in [7, 11) is 2.14. The normalized spacial score (nSPS) is 15.1. The number of rotatable bonds is 13. The number of anilines is 2. The maximum Gasteiger partial charge on any atom is 0.0964 e. The molecule has 113 heavy (non-hydrogen) atoms. The summed E-state index contributed by atoms with van der Waals surface area (Å²) in [5.74, 6) is -0.0595. The smallest absolute Gasteiger partial charge is 0.0964 e. The molecule has 14 heteroatoms. The number of hydrogen-bond donors (Lipinski definition) is 0. The van der Waals surface area contributed by atoms with Crippen molar-refractivity contribution in [3.63, 3.8) is 0 Å². The quantitative estimate of drug-likeness (QED) is 0.109. The lowest BCUT2D eigenvalue weighted by Gasteiger charge is -2.29. The first-order chi connectivity index (χ1) is 55.9. The summed E-state index contributed by atoms with van der Waals surface area (Å²) < 4.78 is 7.05. The summed E-state index contributed by atoms with van der Waals surface area (Å²) in [5.41, 5.74) is 31.6. The minimum atomic E-state index is -0.0595. The van der Waals surface area contributed by atoms with E-state index in [4.69, 9.17) is 39.9 Å². The molecule has 3 aliphatic rings. The van der Waals surface area contributed by atoms with Gasteiger partial charge in [0.05, 0.1) is 113 Å². The molecule has 532 valence electrons. The van der Waals surface area contributed by atoms with Gasteiger partial charge in [-0.05, 0) is 227 Å². The van der Waals surface area contributed by atoms with Gasteiger partial charge >= 0.3 is 0 Å². The predicted octanol–water partition coefficient (Wildman–Crippen LogP) is 22.5. The predicted molar refractivity (Wildman–Crippen MR) is 455 cm³/mol. The van der Waals surface area contributed by atoms with Crippen molar-refractivity contribution in [2.45, 2.75) is 18.0 Å². The van der Waals surface area contributed by atoms with E-state index in [2.05, 4.69) is 291 Å². The lowest BCUT2D eigenvalue weighted by Crippen LogP contribution is -2.29. The molecule has 3 unspecified atom stereocenters. The minimum absolute atomic E-state index is 0.0480. The van der Waals surface area contributed by atoms with E-state index in [0.29, 0.717) is 0 Å². The first-order valence-corrected chi connectivity index (χ1v) is 38.0. The van der Waals surface area contributed by atoms with Crippen molar-refractivity contribution >= 4 is 82.8 Å². The second kappa shape index (κ2) is 26.6. The van der Waals surface area contributed by atoms with Gasteiger partial charge in [0.1, 0.15) is 0 Å². The number of likely N-dealkylation sites (N-methyl/N-ethyl adjacent to an activating group) is 1. The van der Waals surface area contributed by atoms with E-state index >= 15 is 0 Å². The highest BCUT2D eigenvalue weighted by atomic mass is 15.2. The fourth-order valence-electron chi connectivity index (χ4n) is 17.4. The van der Waals surface area contributed by atoms with Gasteiger partial charge in [0.15, 0.2) is 0 Å². The van der Waals surface area contributed by atoms with E-state index in [1.165, 1.54) is 11.1 Å². The average molecular weight is 1450 g/mol. The van der Waals surface area contributed by atoms with Gasteiger partial charge < -0.3 is 23.5 Å². The summed E-state index contributed by atoms with van der Waals surface area (Å²) in [4.78, 5) is 50.2. The third-order valence-corrected chi connectivity index (χ3v) is 22.5. The molecule has 0 saturated carbocycles. The standard InChI is InChI=1S/C99H66N14/c1-109-52-11-8-33-87(109)75-26-5-3-24-73(75)64-38-41-88-76(54-64)96-92(34-16-48-103-96)110(88)70-21-13-22-71(60-70)113-91-42-37-63(72-23-2-4-25-74(72)82-27-6-9-46-100-82)53-77(91)99-95(113)58-67(61-106-99)62-45-51-102-86(57-62)85-32-15-30-81(108-85)66-40-44-90-79(56-66)98-94(36-18-50-105-98)112(90)69-20-12-19-68(59-69)111-89-43-39-65(55-78(89)97-93(111)35-17-49-104-97)80-29-14-31-84(107-80)83-28-7-10-47-101-83/h2-61,79,87,90H,1H3. The van der Waals surface area contributed by atoms with Crippen molar-refractivity contribution in [2.75, 3.05) is 11.9 Å². The molecule has 3 atom stereocenters. The Hall–Kier alpha value is -15.2. The maximum atomic E-state index is 5.45. The Kier molecular flexibility index (Phi) is 15.3. The van der Waals surface area contributed by atoms with Crippen LogP contribution in [0.15, 0.2) is 365 Å². The molecule has 0 bridgehead atoms. The molecule has 1 aliphatic carbocycles. The number of fused-ring (bicyclic) bond motifs is 12. The summed E-state index contributed by atoms with van der Waals surface area (Å²) in [6, 6.07) is 98.6. The lowest BCUT2D eigenvalue weighted by molar-refractivity contribution is 0.390. The molecule has 0 N–H and O–H groups in total. The molecule has 2 aliphatic heterocycles. The van der Waals surface area contributed by atoms with Crippen molar-refractivity contribution in [3.05, 3.63) is 382 Å². The van der Waals surface area contributed by atoms with Crippen LogP contribution in [0.1, 0.15) is 28.9 Å². The van der Waals surface area contributed by atoms with E-state index in [9.17, 15) is 0 Å². The van der Waals surface area contributed by atoms with Gasteiger partial charge in [-0.2, -0.15) is 0 Å². The number of benzene rings is 7. The maximum absolute atomic E-state index is 5.45. The zero-order chi connectivity index (χ0) is 74.6. The van der Waals surface area contributed by atoms with E-state index in [-0.39, 0.29) is 18.0 Å². The SMILES string of the molecule is CN1C=CC=CC1c1ccccc1-c1ccc2c(c1)c1ncccc1n2-c1cccc(-n2c3ccc(-c4ccccc4-c4ccccn4)cc3c3ncc(-c4ccnc(-c5cccc(C6=CC7c8ncccc8N(c8cccc(-n9c%10ccc(-c%11cccc(-c%12ccccn%12)n%11)cc%10c%10ncccc%109)c8)C7C=C6)n5)c4)cc32)c1. The Morgan fingerprint density at radius 3 is 1.58 bits per heavy atom. The van der Waals surface area contributed by atoms with E-state index in [1.54, 1.807) is 6.20 Å². The Bertz CT molecular complexity index is 7210. The van der Waals surface area contributed by atoms with Crippen LogP contribution in [-0.4, -0.2) is 76.5 Å². The summed E-state index contributed by atoms with van der Waals surface area (Å²) in [5, 5.41) is 3.16. The molecule has 22 rings (SSSR count). The van der Waals surface area contributed by atoms with Crippen molar-refractivity contribution < 1.29 is 0 Å². The van der Waals surface area contributed by atoms with Gasteiger partial charge in [0.2, 0.25) is 0 Å². The molecular weight excluding hydrogens is 1390 g/mol. The van der Waals surface area contributed by atoms with Gasteiger partial charge in [-0.1, -0.05) is 134 Å². The number of allylic oxidation sites excluding steroid dienone is 4. The Labute approximate surface area is 650 Å². The molecular formula is C99H66N14. The summed E-state index contributed by atoms with van der Waals surface area (Å²) in [6.45, 7) is 0. The van der Waals surface area contributed by atoms with Crippen LogP contribution < -0.4 is 4.90 Å². The fourth-order valence-corrected chi connectivity index (χ4v) is 17.4. The largest absolute Gasteiger partial charge is 0.370 e. The van der Waals surface area contributed by atoms with Crippen LogP contribution in [0, 0.1) is 0 Å². The third kappa shape index (κ3) is 11.0. The van der Waals surface area contributed by atoms with Crippen molar-refractivity contribution in [2.24, 2.45) is 0 Å². The van der Waals surface area contributed by atoms with Crippen LogP contribution in [0.3, 0.4) is 0 Å². The fraction of sp³-hybridized carbons (Fsp3) is 0.0404. The molecule has 0 saturated heterocycles. The molecule has 19 aromatic rings. The van der Waals surface area contributed by atoms with E-state index in [1.807, 2.05) is 104 Å². The Morgan fingerprint density at radius 2 is 0.867 bits per heavy atom. The number of aromatic nitrogens is 12. The molecule has 14 nitrogen and oxygen atoms in total. The highest BCUT2D eigenvalue weighted by Gasteiger charge is 2.40. The number of pyridine rings is 9. The van der Waals surface area contributed by atoms with Crippen molar-refractivity contribution in [1.82, 2.24) is 63.5 Å². The van der Waals surface area contributed by atoms with E-state index in [0.717, 1.165) is 184 Å². The van der Waals surface area contributed by atoms with Crippen LogP contribution in [0.5, 0.6) is 0 Å². The van der Waals surface area contributed by atoms with Gasteiger partial charge in [-0.15, -0.1) is 0 Å². The zero-order valence-corrected chi connectivity index (χ0v) is 61.1. The second-order valence-corrected chi connectivity index (χ2v) is 29.0. The number of hydrogen-bond acceptors (Lipinski definition) is 11. The minimum Gasteiger partial charge on any atom is -0.370 e. The molecule has 7 aromatic carbocycles. The molecule has 14 heterocycles. The van der Waals surface area contributed by atoms with Crippen molar-refractivity contribution in [1.29, 1.82) is 0 Å². The summed E-state index contributed by atoms with van der Waals surface area (Å²) in [6.07, 6.45) is 28.7.